The third-order valence-electron chi connectivity index (χ3n) is 3.99. The van der Waals surface area contributed by atoms with Gasteiger partial charge in [-0.3, -0.25) is 4.79 Å². The summed E-state index contributed by atoms with van der Waals surface area (Å²) in [6.07, 6.45) is 6.18. The Balaban J connectivity index is 2.03. The van der Waals surface area contributed by atoms with Gasteiger partial charge in [0.25, 0.3) is 5.91 Å². The molecular formula is C14H22N4O. The first kappa shape index (κ1) is 13.8. The lowest BCUT2D eigenvalue weighted by atomic mass is 9.73. The average molecular weight is 262 g/mol. The number of rotatable bonds is 3. The first-order chi connectivity index (χ1) is 9.03. The molecule has 1 aromatic rings. The van der Waals surface area contributed by atoms with Crippen molar-refractivity contribution >= 4 is 11.7 Å². The van der Waals surface area contributed by atoms with Crippen molar-refractivity contribution in [3.8, 4) is 0 Å². The Hall–Kier alpha value is -1.62. The number of nitrogens with two attached hydrogens (primary N) is 1. The van der Waals surface area contributed by atoms with Gasteiger partial charge in [-0.2, -0.15) is 0 Å². The van der Waals surface area contributed by atoms with Gasteiger partial charge < -0.3 is 10.7 Å². The molecule has 0 saturated heterocycles. The van der Waals surface area contributed by atoms with Gasteiger partial charge in [-0.25, -0.2) is 10.8 Å². The number of aromatic nitrogens is 1. The van der Waals surface area contributed by atoms with Gasteiger partial charge in [0.1, 0.15) is 5.82 Å². The number of nitrogen functional groups attached to an aromatic ring is 1. The van der Waals surface area contributed by atoms with Crippen molar-refractivity contribution in [2.24, 2.45) is 11.3 Å². The van der Waals surface area contributed by atoms with Crippen LogP contribution < -0.4 is 16.6 Å². The Labute approximate surface area is 114 Å². The molecule has 1 saturated carbocycles. The summed E-state index contributed by atoms with van der Waals surface area (Å²) >= 11 is 0. The second-order valence-corrected chi connectivity index (χ2v) is 5.84. The highest BCUT2D eigenvalue weighted by molar-refractivity contribution is 5.94. The van der Waals surface area contributed by atoms with E-state index in [1.807, 2.05) is 0 Å². The third-order valence-corrected chi connectivity index (χ3v) is 3.99. The van der Waals surface area contributed by atoms with Crippen molar-refractivity contribution in [2.45, 2.75) is 45.6 Å². The summed E-state index contributed by atoms with van der Waals surface area (Å²) in [5.74, 6) is 5.74. The molecule has 1 fully saturated rings. The number of amides is 1. The van der Waals surface area contributed by atoms with Crippen LogP contribution in [0.3, 0.4) is 0 Å². The molecule has 1 atom stereocenters. The van der Waals surface area contributed by atoms with Crippen LogP contribution in [0.2, 0.25) is 0 Å². The van der Waals surface area contributed by atoms with E-state index in [9.17, 15) is 4.79 Å². The molecule has 5 heteroatoms. The van der Waals surface area contributed by atoms with Crippen molar-refractivity contribution in [3.63, 3.8) is 0 Å². The Morgan fingerprint density at radius 1 is 1.42 bits per heavy atom. The molecule has 4 N–H and O–H groups in total. The van der Waals surface area contributed by atoms with Crippen LogP contribution in [0.15, 0.2) is 18.3 Å². The molecule has 2 rings (SSSR count). The molecule has 19 heavy (non-hydrogen) atoms. The summed E-state index contributed by atoms with van der Waals surface area (Å²) in [5.41, 5.74) is 3.18. The fourth-order valence-corrected chi connectivity index (χ4v) is 2.62. The van der Waals surface area contributed by atoms with Crippen LogP contribution in [-0.4, -0.2) is 16.9 Å². The number of pyridine rings is 1. The van der Waals surface area contributed by atoms with Crippen molar-refractivity contribution in [1.82, 2.24) is 10.3 Å². The van der Waals surface area contributed by atoms with Crippen LogP contribution in [0.5, 0.6) is 0 Å². The zero-order chi connectivity index (χ0) is 13.9. The standard InChI is InChI=1S/C14H22N4O/c1-14(2)8-4-3-5-11(14)17-13(19)10-6-7-12(18-15)16-9-10/h6-7,9,11H,3-5,8,15H2,1-2H3,(H,16,18)(H,17,19). The first-order valence-electron chi connectivity index (χ1n) is 6.76. The molecule has 0 radical (unpaired) electrons. The smallest absolute Gasteiger partial charge is 0.253 e. The largest absolute Gasteiger partial charge is 0.349 e. The van der Waals surface area contributed by atoms with Crippen LogP contribution in [0, 0.1) is 5.41 Å². The van der Waals surface area contributed by atoms with Gasteiger partial charge in [-0.1, -0.05) is 26.7 Å². The monoisotopic (exact) mass is 262 g/mol. The maximum atomic E-state index is 12.2. The summed E-state index contributed by atoms with van der Waals surface area (Å²) in [7, 11) is 0. The minimum absolute atomic E-state index is 0.0592. The maximum Gasteiger partial charge on any atom is 0.253 e. The summed E-state index contributed by atoms with van der Waals surface area (Å²) in [6.45, 7) is 4.44. The Morgan fingerprint density at radius 2 is 2.21 bits per heavy atom. The molecule has 0 aromatic carbocycles. The fraction of sp³-hybridized carbons (Fsp3) is 0.571. The number of hydrogen-bond acceptors (Lipinski definition) is 4. The highest BCUT2D eigenvalue weighted by Gasteiger charge is 2.33. The Kier molecular flexibility index (Phi) is 4.04. The van der Waals surface area contributed by atoms with Gasteiger partial charge in [0.05, 0.1) is 5.56 Å². The van der Waals surface area contributed by atoms with Crippen LogP contribution in [0.25, 0.3) is 0 Å². The molecule has 1 unspecified atom stereocenters. The van der Waals surface area contributed by atoms with Gasteiger partial charge in [0.15, 0.2) is 0 Å². The molecule has 1 heterocycles. The van der Waals surface area contributed by atoms with Crippen LogP contribution in [0.1, 0.15) is 49.9 Å². The predicted molar refractivity (Wildman–Crippen MR) is 75.6 cm³/mol. The number of carbonyl (C=O) groups is 1. The van der Waals surface area contributed by atoms with Gasteiger partial charge in [-0.15, -0.1) is 0 Å². The van der Waals surface area contributed by atoms with Crippen molar-refractivity contribution < 1.29 is 4.79 Å². The molecule has 5 nitrogen and oxygen atoms in total. The predicted octanol–water partition coefficient (Wildman–Crippen LogP) is 2.07. The number of hydrogen-bond donors (Lipinski definition) is 3. The fourth-order valence-electron chi connectivity index (χ4n) is 2.62. The molecule has 1 amide bonds. The first-order valence-corrected chi connectivity index (χ1v) is 6.76. The molecular weight excluding hydrogens is 240 g/mol. The molecule has 0 spiro atoms. The topological polar surface area (TPSA) is 80.0 Å². The molecule has 1 aliphatic rings. The lowest BCUT2D eigenvalue weighted by molar-refractivity contribution is 0.0853. The number of nitrogens with one attached hydrogen (secondary N) is 2. The van der Waals surface area contributed by atoms with Gasteiger partial charge in [0.2, 0.25) is 0 Å². The van der Waals surface area contributed by atoms with Gasteiger partial charge in [-0.05, 0) is 30.4 Å². The van der Waals surface area contributed by atoms with E-state index in [-0.39, 0.29) is 17.4 Å². The third kappa shape index (κ3) is 3.23. The number of anilines is 1. The summed E-state index contributed by atoms with van der Waals surface area (Å²) in [6, 6.07) is 3.66. The van der Waals surface area contributed by atoms with Crippen LogP contribution in [-0.2, 0) is 0 Å². The Morgan fingerprint density at radius 3 is 2.79 bits per heavy atom. The lowest BCUT2D eigenvalue weighted by Crippen LogP contribution is -2.46. The highest BCUT2D eigenvalue weighted by Crippen LogP contribution is 2.35. The van der Waals surface area contributed by atoms with E-state index in [4.69, 9.17) is 5.84 Å². The maximum absolute atomic E-state index is 12.2. The van der Waals surface area contributed by atoms with Crippen molar-refractivity contribution in [2.75, 3.05) is 5.43 Å². The van der Waals surface area contributed by atoms with Gasteiger partial charge in [0, 0.05) is 12.2 Å². The SMILES string of the molecule is CC1(C)CCCCC1NC(=O)c1ccc(NN)nc1. The molecule has 1 aliphatic carbocycles. The zero-order valence-corrected chi connectivity index (χ0v) is 11.6. The number of nitrogens with zero attached hydrogens (tertiary/aromatic N) is 1. The Bertz CT molecular complexity index is 441. The molecule has 104 valence electrons. The van der Waals surface area contributed by atoms with E-state index in [1.54, 1.807) is 18.3 Å². The highest BCUT2D eigenvalue weighted by atomic mass is 16.1. The minimum Gasteiger partial charge on any atom is -0.349 e. The van der Waals surface area contributed by atoms with Crippen molar-refractivity contribution in [3.05, 3.63) is 23.9 Å². The molecule has 1 aromatic heterocycles. The number of carbonyl (C=O) groups excluding carboxylic acids is 1. The van der Waals surface area contributed by atoms with E-state index >= 15 is 0 Å². The van der Waals surface area contributed by atoms with Crippen LogP contribution in [0.4, 0.5) is 5.82 Å². The molecule has 0 bridgehead atoms. The van der Waals surface area contributed by atoms with E-state index in [2.05, 4.69) is 29.6 Å². The normalized spacial score (nSPS) is 21.7. The average Bonchev–Trinajstić information content (AvgIpc) is 2.41. The van der Waals surface area contributed by atoms with Crippen LogP contribution >= 0.6 is 0 Å². The lowest BCUT2D eigenvalue weighted by Gasteiger charge is -2.39. The zero-order valence-electron chi connectivity index (χ0n) is 11.6. The summed E-state index contributed by atoms with van der Waals surface area (Å²) in [4.78, 5) is 16.2. The second kappa shape index (κ2) is 5.57. The van der Waals surface area contributed by atoms with E-state index < -0.39 is 0 Å². The van der Waals surface area contributed by atoms with E-state index in [0.717, 1.165) is 12.8 Å². The second-order valence-electron chi connectivity index (χ2n) is 5.84. The number of hydrazine groups is 1. The minimum atomic E-state index is -0.0592. The summed E-state index contributed by atoms with van der Waals surface area (Å²) < 4.78 is 0. The van der Waals surface area contributed by atoms with E-state index in [1.165, 1.54) is 12.8 Å². The van der Waals surface area contributed by atoms with Gasteiger partial charge >= 0.3 is 0 Å². The summed E-state index contributed by atoms with van der Waals surface area (Å²) in [5, 5.41) is 3.13. The van der Waals surface area contributed by atoms with E-state index in [0.29, 0.717) is 11.4 Å². The quantitative estimate of drug-likeness (QED) is 0.575. The molecule has 0 aliphatic heterocycles. The van der Waals surface area contributed by atoms with Crippen molar-refractivity contribution in [1.29, 1.82) is 0 Å².